The fraction of sp³-hybridized carbons (Fsp3) is 0.458. The van der Waals surface area contributed by atoms with E-state index in [1.54, 1.807) is 12.1 Å². The van der Waals surface area contributed by atoms with Crippen LogP contribution in [0, 0.1) is 5.82 Å². The molecule has 0 aliphatic carbocycles. The highest BCUT2D eigenvalue weighted by Gasteiger charge is 2.36. The largest absolute Gasteiger partial charge is 0.367 e. The molecule has 3 atom stereocenters. The Labute approximate surface area is 177 Å². The number of nitrogens with zero attached hydrogens (tertiary/aromatic N) is 1. The second-order valence-corrected chi connectivity index (χ2v) is 8.00. The Morgan fingerprint density at radius 3 is 2.83 bits per heavy atom. The van der Waals surface area contributed by atoms with E-state index in [2.05, 4.69) is 29.7 Å². The fourth-order valence-corrected chi connectivity index (χ4v) is 4.43. The zero-order valence-corrected chi connectivity index (χ0v) is 17.4. The lowest BCUT2D eigenvalue weighted by Crippen LogP contribution is -2.46. The molecule has 30 heavy (non-hydrogen) atoms. The minimum absolute atomic E-state index is 0.0183. The van der Waals surface area contributed by atoms with E-state index in [1.165, 1.54) is 17.7 Å². The summed E-state index contributed by atoms with van der Waals surface area (Å²) in [6.07, 6.45) is 1.00. The van der Waals surface area contributed by atoms with Crippen LogP contribution >= 0.6 is 0 Å². The van der Waals surface area contributed by atoms with E-state index < -0.39 is 6.10 Å². The van der Waals surface area contributed by atoms with Gasteiger partial charge in [0, 0.05) is 19.1 Å². The number of amides is 1. The van der Waals surface area contributed by atoms with Gasteiger partial charge in [0.2, 0.25) is 0 Å². The van der Waals surface area contributed by atoms with Crippen molar-refractivity contribution in [2.24, 2.45) is 0 Å². The Hall–Kier alpha value is -2.28. The van der Waals surface area contributed by atoms with Crippen molar-refractivity contribution in [1.29, 1.82) is 0 Å². The minimum atomic E-state index is -0.461. The highest BCUT2D eigenvalue weighted by molar-refractivity contribution is 5.82. The molecule has 0 aromatic heterocycles. The van der Waals surface area contributed by atoms with Gasteiger partial charge in [0.15, 0.2) is 0 Å². The van der Waals surface area contributed by atoms with Gasteiger partial charge in [-0.15, -0.1) is 0 Å². The Balaban J connectivity index is 1.57. The van der Waals surface area contributed by atoms with E-state index >= 15 is 0 Å². The van der Waals surface area contributed by atoms with Crippen LogP contribution in [0.2, 0.25) is 0 Å². The van der Waals surface area contributed by atoms with Crippen molar-refractivity contribution in [3.8, 4) is 0 Å². The Kier molecular flexibility index (Phi) is 6.77. The van der Waals surface area contributed by atoms with Gasteiger partial charge in [-0.3, -0.25) is 4.79 Å². The number of hydrogen-bond acceptors (Lipinski definition) is 4. The van der Waals surface area contributed by atoms with Gasteiger partial charge >= 0.3 is 0 Å². The van der Waals surface area contributed by atoms with E-state index in [0.717, 1.165) is 37.2 Å². The Morgan fingerprint density at radius 2 is 2.03 bits per heavy atom. The third kappa shape index (κ3) is 4.56. The molecule has 0 saturated carbocycles. The molecule has 0 radical (unpaired) electrons. The molecule has 2 N–H and O–H groups in total. The van der Waals surface area contributed by atoms with Gasteiger partial charge in [0.1, 0.15) is 11.9 Å². The average molecular weight is 412 g/mol. The van der Waals surface area contributed by atoms with Crippen LogP contribution in [0.15, 0.2) is 48.5 Å². The summed E-state index contributed by atoms with van der Waals surface area (Å²) < 4.78 is 19.6. The molecule has 2 aliphatic heterocycles. The molecule has 1 saturated heterocycles. The van der Waals surface area contributed by atoms with Crippen LogP contribution in [0.3, 0.4) is 0 Å². The second kappa shape index (κ2) is 9.69. The number of fused-ring (bicyclic) bond motifs is 1. The average Bonchev–Trinajstić information content (AvgIpc) is 3.03. The molecule has 0 unspecified atom stereocenters. The highest BCUT2D eigenvalue weighted by Crippen LogP contribution is 2.36. The van der Waals surface area contributed by atoms with Crippen LogP contribution in [0.5, 0.6) is 0 Å². The quantitative estimate of drug-likeness (QED) is 0.794. The van der Waals surface area contributed by atoms with Crippen LogP contribution in [0.1, 0.15) is 36.1 Å². The molecular formula is C24H30FN3O2. The molecule has 2 aliphatic rings. The first kappa shape index (κ1) is 21.0. The number of nitrogens with one attached hydrogen (secondary N) is 2. The van der Waals surface area contributed by atoms with Gasteiger partial charge in [-0.2, -0.15) is 0 Å². The first-order valence-electron chi connectivity index (χ1n) is 10.9. The van der Waals surface area contributed by atoms with Crippen LogP contribution in [0.4, 0.5) is 4.39 Å². The maximum Gasteiger partial charge on any atom is 0.252 e. The van der Waals surface area contributed by atoms with E-state index in [-0.39, 0.29) is 23.8 Å². The lowest BCUT2D eigenvalue weighted by atomic mass is 9.87. The molecule has 1 amide bonds. The third-order valence-corrected chi connectivity index (χ3v) is 6.01. The summed E-state index contributed by atoms with van der Waals surface area (Å²) in [4.78, 5) is 15.5. The summed E-state index contributed by atoms with van der Waals surface area (Å²) in [5.41, 5.74) is 3.28. The van der Waals surface area contributed by atoms with Crippen LogP contribution in [-0.4, -0.2) is 55.7 Å². The molecule has 1 fully saturated rings. The summed E-state index contributed by atoms with van der Waals surface area (Å²) in [6.45, 7) is 5.70. The molecule has 0 spiro atoms. The van der Waals surface area contributed by atoms with Gasteiger partial charge in [0.05, 0.1) is 12.6 Å². The minimum Gasteiger partial charge on any atom is -0.367 e. The third-order valence-electron chi connectivity index (χ3n) is 6.01. The van der Waals surface area contributed by atoms with Crippen LogP contribution in [0.25, 0.3) is 0 Å². The topological polar surface area (TPSA) is 53.6 Å². The summed E-state index contributed by atoms with van der Waals surface area (Å²) in [7, 11) is 0. The normalized spacial score (nSPS) is 24.2. The van der Waals surface area contributed by atoms with Gasteiger partial charge < -0.3 is 20.3 Å². The molecule has 2 aromatic carbocycles. The number of hydrogen-bond donors (Lipinski definition) is 2. The number of benzene rings is 2. The summed E-state index contributed by atoms with van der Waals surface area (Å²) >= 11 is 0. The number of ether oxygens (including phenoxy) is 1. The molecule has 0 bridgehead atoms. The van der Waals surface area contributed by atoms with Crippen molar-refractivity contribution < 1.29 is 13.9 Å². The molecule has 5 nitrogen and oxygen atoms in total. The lowest BCUT2D eigenvalue weighted by molar-refractivity contribution is -0.146. The lowest BCUT2D eigenvalue weighted by Gasteiger charge is -2.39. The van der Waals surface area contributed by atoms with Crippen molar-refractivity contribution in [3.05, 3.63) is 71.0 Å². The maximum absolute atomic E-state index is 13.6. The van der Waals surface area contributed by atoms with E-state index in [0.29, 0.717) is 19.6 Å². The molecule has 2 heterocycles. The van der Waals surface area contributed by atoms with Crippen molar-refractivity contribution in [2.45, 2.75) is 38.0 Å². The van der Waals surface area contributed by atoms with Crippen molar-refractivity contribution >= 4 is 5.91 Å². The van der Waals surface area contributed by atoms with Gasteiger partial charge in [-0.1, -0.05) is 43.3 Å². The molecular weight excluding hydrogens is 381 g/mol. The van der Waals surface area contributed by atoms with Crippen molar-refractivity contribution in [1.82, 2.24) is 15.5 Å². The van der Waals surface area contributed by atoms with Gasteiger partial charge in [-0.25, -0.2) is 4.39 Å². The van der Waals surface area contributed by atoms with E-state index in [4.69, 9.17) is 4.74 Å². The Morgan fingerprint density at radius 1 is 1.23 bits per heavy atom. The SMILES string of the molecule is CCNC[C@@H]1CO[C@@H](C(=O)N2CCc3ccccc3[C@@H]2c2ccc(F)cc2)CCN1. The zero-order valence-electron chi connectivity index (χ0n) is 17.4. The standard InChI is InChI=1S/C24H30FN3O2/c1-2-26-15-20-16-30-22(11-13-27-20)24(29)28-14-12-17-5-3-4-6-21(17)23(28)18-7-9-19(25)10-8-18/h3-10,20,22-23,26-27H,2,11-16H2,1H3/t20-,22-,23+/m1/s1. The van der Waals surface area contributed by atoms with Crippen molar-refractivity contribution in [3.63, 3.8) is 0 Å². The smallest absolute Gasteiger partial charge is 0.252 e. The fourth-order valence-electron chi connectivity index (χ4n) is 4.43. The number of likely N-dealkylation sites (N-methyl/N-ethyl adjacent to an activating group) is 1. The number of halogens is 1. The highest BCUT2D eigenvalue weighted by atomic mass is 19.1. The predicted octanol–water partition coefficient (Wildman–Crippen LogP) is 2.66. The first-order chi connectivity index (χ1) is 14.7. The Bertz CT molecular complexity index is 858. The van der Waals surface area contributed by atoms with Gasteiger partial charge in [-0.05, 0) is 54.8 Å². The summed E-state index contributed by atoms with van der Waals surface area (Å²) in [6, 6.07) is 14.7. The molecule has 2 aromatic rings. The van der Waals surface area contributed by atoms with E-state index in [9.17, 15) is 9.18 Å². The van der Waals surface area contributed by atoms with E-state index in [1.807, 2.05) is 17.0 Å². The maximum atomic E-state index is 13.6. The monoisotopic (exact) mass is 411 g/mol. The van der Waals surface area contributed by atoms with Crippen LogP contribution in [-0.2, 0) is 16.0 Å². The second-order valence-electron chi connectivity index (χ2n) is 8.00. The number of rotatable bonds is 5. The van der Waals surface area contributed by atoms with Crippen molar-refractivity contribution in [2.75, 3.05) is 32.8 Å². The molecule has 4 rings (SSSR count). The molecule has 160 valence electrons. The number of carbonyl (C=O) groups is 1. The first-order valence-corrected chi connectivity index (χ1v) is 10.9. The van der Waals surface area contributed by atoms with Crippen LogP contribution < -0.4 is 10.6 Å². The zero-order chi connectivity index (χ0) is 20.9. The van der Waals surface area contributed by atoms with Gasteiger partial charge in [0.25, 0.3) is 5.91 Å². The summed E-state index contributed by atoms with van der Waals surface area (Å²) in [5.74, 6) is -0.254. The predicted molar refractivity (Wildman–Crippen MR) is 115 cm³/mol. The molecule has 6 heteroatoms. The number of carbonyl (C=O) groups excluding carboxylic acids is 1. The summed E-state index contributed by atoms with van der Waals surface area (Å²) in [5, 5.41) is 6.80.